The molecule has 3 aromatic carbocycles. The molecule has 3 N–H and O–H groups in total. The highest BCUT2D eigenvalue weighted by Gasteiger charge is 2.52. The van der Waals surface area contributed by atoms with E-state index >= 15 is 0 Å². The van der Waals surface area contributed by atoms with Crippen LogP contribution >= 0.6 is 46.4 Å². The number of aromatic hydroxyl groups is 2. The van der Waals surface area contributed by atoms with E-state index in [-0.39, 0.29) is 31.2 Å². The molecule has 0 spiro atoms. The maximum atomic E-state index is 13.0. The standard InChI is InChI=1S/C19H12Cl4O5S/c20-11-3-1-2-10(6-11)19(29(26,27)28,14-5-4-12(21)8-16(14)23)15-7-13(22)9-17(24)18(15)25/h1-9,24-25H,(H,26,27,28). The van der Waals surface area contributed by atoms with E-state index in [1.54, 1.807) is 0 Å². The molecule has 3 rings (SSSR count). The van der Waals surface area contributed by atoms with Gasteiger partial charge in [0.1, 0.15) is 0 Å². The van der Waals surface area contributed by atoms with Gasteiger partial charge in [-0.05, 0) is 35.9 Å². The van der Waals surface area contributed by atoms with Gasteiger partial charge in [0.25, 0.3) is 10.1 Å². The first-order chi connectivity index (χ1) is 13.5. The van der Waals surface area contributed by atoms with E-state index in [9.17, 15) is 23.2 Å². The predicted octanol–water partition coefficient (Wildman–Crippen LogP) is 5.89. The molecule has 152 valence electrons. The topological polar surface area (TPSA) is 94.8 Å². The van der Waals surface area contributed by atoms with Gasteiger partial charge < -0.3 is 10.2 Å². The monoisotopic (exact) mass is 492 g/mol. The Balaban J connectivity index is 2.63. The molecule has 0 aliphatic heterocycles. The average Bonchev–Trinajstić information content (AvgIpc) is 2.60. The van der Waals surface area contributed by atoms with Crippen LogP contribution in [0.15, 0.2) is 54.6 Å². The van der Waals surface area contributed by atoms with Crippen molar-refractivity contribution in [3.63, 3.8) is 0 Å². The van der Waals surface area contributed by atoms with E-state index < -0.39 is 31.9 Å². The summed E-state index contributed by atoms with van der Waals surface area (Å²) >= 11 is 24.4. The smallest absolute Gasteiger partial charge is 0.283 e. The molecule has 0 bridgehead atoms. The second-order valence-corrected chi connectivity index (χ2v) is 9.39. The Hall–Kier alpha value is -1.67. The second-order valence-electron chi connectivity index (χ2n) is 6.11. The Morgan fingerprint density at radius 2 is 1.41 bits per heavy atom. The molecule has 0 amide bonds. The number of phenolic OH excluding ortho intramolecular Hbond substituents is 2. The van der Waals surface area contributed by atoms with Crippen LogP contribution in [0.3, 0.4) is 0 Å². The summed E-state index contributed by atoms with van der Waals surface area (Å²) in [4.78, 5) is 0. The van der Waals surface area contributed by atoms with Gasteiger partial charge in [-0.1, -0.05) is 64.6 Å². The third-order valence-corrected chi connectivity index (χ3v) is 6.81. The molecule has 0 saturated carbocycles. The van der Waals surface area contributed by atoms with E-state index in [0.717, 1.165) is 12.1 Å². The van der Waals surface area contributed by atoms with Crippen molar-refractivity contribution in [3.8, 4) is 11.5 Å². The summed E-state index contributed by atoms with van der Waals surface area (Å²) in [6, 6.07) is 11.7. The molecule has 0 heterocycles. The van der Waals surface area contributed by atoms with Crippen molar-refractivity contribution in [1.82, 2.24) is 0 Å². The van der Waals surface area contributed by atoms with Crippen molar-refractivity contribution in [2.24, 2.45) is 0 Å². The van der Waals surface area contributed by atoms with Gasteiger partial charge in [-0.15, -0.1) is 0 Å². The van der Waals surface area contributed by atoms with E-state index in [2.05, 4.69) is 0 Å². The third kappa shape index (κ3) is 3.77. The molecule has 0 saturated heterocycles. The molecule has 10 heteroatoms. The summed E-state index contributed by atoms with van der Waals surface area (Å²) in [6.45, 7) is 0. The molecule has 1 atom stereocenters. The summed E-state index contributed by atoms with van der Waals surface area (Å²) in [7, 11) is -5.11. The fraction of sp³-hybridized carbons (Fsp3) is 0.0526. The Morgan fingerprint density at radius 3 is 2.00 bits per heavy atom. The zero-order valence-electron chi connectivity index (χ0n) is 14.3. The molecule has 29 heavy (non-hydrogen) atoms. The molecule has 0 aliphatic rings. The van der Waals surface area contributed by atoms with Crippen molar-refractivity contribution in [3.05, 3.63) is 91.4 Å². The fourth-order valence-electron chi connectivity index (χ4n) is 3.22. The average molecular weight is 494 g/mol. The Labute approximate surface area is 186 Å². The third-order valence-electron chi connectivity index (χ3n) is 4.36. The molecule has 0 radical (unpaired) electrons. The number of hydrogen-bond acceptors (Lipinski definition) is 4. The minimum absolute atomic E-state index is 0.0475. The van der Waals surface area contributed by atoms with Gasteiger partial charge >= 0.3 is 0 Å². The lowest BCUT2D eigenvalue weighted by atomic mass is 9.83. The molecule has 0 fully saturated rings. The molecular formula is C19H12Cl4O5S. The van der Waals surface area contributed by atoms with Gasteiger partial charge in [-0.3, -0.25) is 4.55 Å². The maximum absolute atomic E-state index is 13.0. The van der Waals surface area contributed by atoms with Crippen LogP contribution in [0.2, 0.25) is 20.1 Å². The maximum Gasteiger partial charge on any atom is 0.283 e. The Bertz CT molecular complexity index is 1210. The van der Waals surface area contributed by atoms with E-state index in [4.69, 9.17) is 46.4 Å². The van der Waals surface area contributed by atoms with E-state index in [1.165, 1.54) is 42.5 Å². The van der Waals surface area contributed by atoms with Crippen molar-refractivity contribution >= 4 is 56.5 Å². The van der Waals surface area contributed by atoms with E-state index in [1.807, 2.05) is 0 Å². The van der Waals surface area contributed by atoms with Crippen LogP contribution in [0, 0.1) is 0 Å². The minimum Gasteiger partial charge on any atom is -0.504 e. The van der Waals surface area contributed by atoms with Crippen LogP contribution in [0.5, 0.6) is 11.5 Å². The van der Waals surface area contributed by atoms with Crippen LogP contribution < -0.4 is 0 Å². The molecule has 1 unspecified atom stereocenters. The predicted molar refractivity (Wildman–Crippen MR) is 114 cm³/mol. The largest absolute Gasteiger partial charge is 0.504 e. The van der Waals surface area contributed by atoms with Gasteiger partial charge in [0, 0.05) is 37.3 Å². The van der Waals surface area contributed by atoms with Crippen LogP contribution in [0.1, 0.15) is 16.7 Å². The Morgan fingerprint density at radius 1 is 0.759 bits per heavy atom. The first kappa shape index (κ1) is 22.0. The van der Waals surface area contributed by atoms with Crippen LogP contribution in [0.25, 0.3) is 0 Å². The summed E-state index contributed by atoms with van der Waals surface area (Å²) < 4.78 is 33.9. The number of benzene rings is 3. The van der Waals surface area contributed by atoms with Gasteiger partial charge in [0.2, 0.25) is 0 Å². The first-order valence-corrected chi connectivity index (χ1v) is 10.8. The first-order valence-electron chi connectivity index (χ1n) is 7.89. The second kappa shape index (κ2) is 7.87. The summed E-state index contributed by atoms with van der Waals surface area (Å²) in [5.74, 6) is -1.49. The fourth-order valence-corrected chi connectivity index (χ4v) is 5.54. The zero-order valence-corrected chi connectivity index (χ0v) is 18.1. The zero-order chi connectivity index (χ0) is 21.6. The minimum atomic E-state index is -5.11. The van der Waals surface area contributed by atoms with Gasteiger partial charge in [-0.2, -0.15) is 8.42 Å². The van der Waals surface area contributed by atoms with Gasteiger partial charge in [-0.25, -0.2) is 0 Å². The number of halogens is 4. The SMILES string of the molecule is O=S(=O)(O)C(c1cccc(Cl)c1)(c1ccc(Cl)cc1Cl)c1cc(Cl)cc(O)c1O. The lowest BCUT2D eigenvalue weighted by Gasteiger charge is -2.34. The lowest BCUT2D eigenvalue weighted by molar-refractivity contribution is 0.394. The van der Waals surface area contributed by atoms with Crippen LogP contribution in [-0.4, -0.2) is 23.2 Å². The molecular weight excluding hydrogens is 482 g/mol. The number of phenols is 2. The number of hydrogen-bond donors (Lipinski definition) is 3. The highest BCUT2D eigenvalue weighted by atomic mass is 35.5. The molecule has 5 nitrogen and oxygen atoms in total. The van der Waals surface area contributed by atoms with Crippen molar-refractivity contribution in [2.75, 3.05) is 0 Å². The summed E-state index contributed by atoms with van der Waals surface area (Å²) in [5, 5.41) is 20.8. The summed E-state index contributed by atoms with van der Waals surface area (Å²) in [6.07, 6.45) is 0. The van der Waals surface area contributed by atoms with Crippen LogP contribution in [0.4, 0.5) is 0 Å². The molecule has 0 aliphatic carbocycles. The molecule has 3 aromatic rings. The van der Waals surface area contributed by atoms with Crippen LogP contribution in [-0.2, 0) is 14.9 Å². The van der Waals surface area contributed by atoms with Gasteiger partial charge in [0.05, 0.1) is 0 Å². The quantitative estimate of drug-likeness (QED) is 0.239. The van der Waals surface area contributed by atoms with Crippen molar-refractivity contribution in [1.29, 1.82) is 0 Å². The Kier molecular flexibility index (Phi) is 5.98. The van der Waals surface area contributed by atoms with Crippen molar-refractivity contribution < 1.29 is 23.2 Å². The van der Waals surface area contributed by atoms with Crippen molar-refractivity contribution in [2.45, 2.75) is 4.75 Å². The number of rotatable bonds is 4. The highest BCUT2D eigenvalue weighted by Crippen LogP contribution is 2.52. The van der Waals surface area contributed by atoms with E-state index in [0.29, 0.717) is 0 Å². The normalized spacial score (nSPS) is 13.8. The summed E-state index contributed by atoms with van der Waals surface area (Å²) in [5.41, 5.74) is -0.601. The highest BCUT2D eigenvalue weighted by molar-refractivity contribution is 7.87. The van der Waals surface area contributed by atoms with Gasteiger partial charge in [0.15, 0.2) is 16.2 Å². The lowest BCUT2D eigenvalue weighted by Crippen LogP contribution is -2.38. The molecule has 0 aromatic heterocycles.